The number of nitrogens with zero attached hydrogens (tertiary/aromatic N) is 1. The third kappa shape index (κ3) is 7.01. The maximum atomic E-state index is 13.8. The van der Waals surface area contributed by atoms with Crippen molar-refractivity contribution in [2.45, 2.75) is 25.9 Å². The van der Waals surface area contributed by atoms with E-state index in [-0.39, 0.29) is 12.4 Å². The molecule has 0 aliphatic carbocycles. The van der Waals surface area contributed by atoms with Crippen LogP contribution in [0, 0.1) is 23.6 Å². The predicted molar refractivity (Wildman–Crippen MR) is 101 cm³/mol. The highest BCUT2D eigenvalue weighted by Gasteiger charge is 2.13. The Morgan fingerprint density at radius 2 is 2.04 bits per heavy atom. The van der Waals surface area contributed by atoms with Crippen molar-refractivity contribution in [2.75, 3.05) is 26.4 Å². The molecular formula is C22H24FNO3. The number of hydrogen-bond acceptors (Lipinski definition) is 4. The van der Waals surface area contributed by atoms with Crippen molar-refractivity contribution in [3.8, 4) is 17.6 Å². The zero-order chi connectivity index (χ0) is 18.7. The van der Waals surface area contributed by atoms with Crippen molar-refractivity contribution in [1.29, 1.82) is 0 Å². The van der Waals surface area contributed by atoms with Crippen molar-refractivity contribution >= 4 is 0 Å². The smallest absolute Gasteiger partial charge is 0.149 e. The van der Waals surface area contributed by atoms with Crippen LogP contribution in [-0.2, 0) is 22.5 Å². The van der Waals surface area contributed by atoms with Gasteiger partial charge in [-0.3, -0.25) is 4.98 Å². The lowest BCUT2D eigenvalue weighted by molar-refractivity contribution is 0.0156. The van der Waals surface area contributed by atoms with E-state index in [1.54, 1.807) is 12.3 Å². The molecule has 1 saturated heterocycles. The van der Waals surface area contributed by atoms with E-state index in [4.69, 9.17) is 14.2 Å². The highest BCUT2D eigenvalue weighted by molar-refractivity contribution is 5.29. The zero-order valence-corrected chi connectivity index (χ0v) is 15.3. The average molecular weight is 369 g/mol. The topological polar surface area (TPSA) is 40.6 Å². The van der Waals surface area contributed by atoms with Crippen LogP contribution in [0.3, 0.4) is 0 Å². The largest absolute Gasteiger partial charge is 0.481 e. The number of hydrogen-bond donors (Lipinski definition) is 0. The summed E-state index contributed by atoms with van der Waals surface area (Å²) >= 11 is 0. The Kier molecular flexibility index (Phi) is 7.64. The number of aromatic nitrogens is 1. The second kappa shape index (κ2) is 10.7. The van der Waals surface area contributed by atoms with Gasteiger partial charge in [0, 0.05) is 25.5 Å². The third-order valence-electron chi connectivity index (χ3n) is 4.33. The lowest BCUT2D eigenvalue weighted by Crippen LogP contribution is -2.20. The molecule has 0 atom stereocenters. The first kappa shape index (κ1) is 19.3. The van der Waals surface area contributed by atoms with Gasteiger partial charge in [0.05, 0.1) is 25.3 Å². The SMILES string of the molecule is Fc1cc(COCC2CCOCC2)cc(OCC#CCc2ccccn2)c1. The Bertz CT molecular complexity index is 764. The van der Waals surface area contributed by atoms with E-state index in [1.807, 2.05) is 18.2 Å². The van der Waals surface area contributed by atoms with Gasteiger partial charge in [0.25, 0.3) is 0 Å². The molecule has 4 nitrogen and oxygen atoms in total. The molecule has 2 heterocycles. The fraction of sp³-hybridized carbons (Fsp3) is 0.409. The molecule has 3 rings (SSSR count). The van der Waals surface area contributed by atoms with Gasteiger partial charge in [-0.2, -0.15) is 0 Å². The fourth-order valence-corrected chi connectivity index (χ4v) is 2.87. The van der Waals surface area contributed by atoms with E-state index in [1.165, 1.54) is 12.1 Å². The van der Waals surface area contributed by atoms with Gasteiger partial charge in [0.15, 0.2) is 0 Å². The monoisotopic (exact) mass is 369 g/mol. The standard InChI is InChI=1S/C22H24FNO3/c23-20-13-19(17-26-16-18-7-11-25-12-8-18)14-22(15-20)27-10-4-2-6-21-5-1-3-9-24-21/h1,3,5,9,13-15,18H,6-8,10-12,16-17H2. The summed E-state index contributed by atoms with van der Waals surface area (Å²) in [4.78, 5) is 4.21. The first-order valence-corrected chi connectivity index (χ1v) is 9.23. The van der Waals surface area contributed by atoms with Crippen LogP contribution in [-0.4, -0.2) is 31.4 Å². The van der Waals surface area contributed by atoms with Crippen molar-refractivity contribution in [3.63, 3.8) is 0 Å². The molecule has 0 saturated carbocycles. The first-order valence-electron chi connectivity index (χ1n) is 9.23. The minimum Gasteiger partial charge on any atom is -0.481 e. The maximum Gasteiger partial charge on any atom is 0.149 e. The first-order chi connectivity index (χ1) is 13.3. The van der Waals surface area contributed by atoms with Crippen molar-refractivity contribution < 1.29 is 18.6 Å². The maximum absolute atomic E-state index is 13.8. The molecule has 0 unspecified atom stereocenters. The fourth-order valence-electron chi connectivity index (χ4n) is 2.87. The Hall–Kier alpha value is -2.42. The summed E-state index contributed by atoms with van der Waals surface area (Å²) in [6.07, 6.45) is 4.36. The van der Waals surface area contributed by atoms with E-state index in [2.05, 4.69) is 16.8 Å². The van der Waals surface area contributed by atoms with Crippen LogP contribution < -0.4 is 4.74 Å². The lowest BCUT2D eigenvalue weighted by Gasteiger charge is -2.21. The van der Waals surface area contributed by atoms with Crippen LogP contribution in [0.4, 0.5) is 4.39 Å². The number of rotatable bonds is 7. The molecule has 1 aliphatic rings. The van der Waals surface area contributed by atoms with E-state index < -0.39 is 0 Å². The summed E-state index contributed by atoms with van der Waals surface area (Å²) in [6, 6.07) is 10.4. The molecule has 142 valence electrons. The Morgan fingerprint density at radius 1 is 1.15 bits per heavy atom. The van der Waals surface area contributed by atoms with Gasteiger partial charge in [-0.05, 0) is 48.6 Å². The zero-order valence-electron chi connectivity index (χ0n) is 15.3. The predicted octanol–water partition coefficient (Wildman–Crippen LogP) is 3.79. The van der Waals surface area contributed by atoms with Crippen LogP contribution in [0.1, 0.15) is 24.1 Å². The van der Waals surface area contributed by atoms with Gasteiger partial charge in [0.2, 0.25) is 0 Å². The van der Waals surface area contributed by atoms with E-state index >= 15 is 0 Å². The summed E-state index contributed by atoms with van der Waals surface area (Å²) in [7, 11) is 0. The molecule has 5 heteroatoms. The molecule has 0 spiro atoms. The number of pyridine rings is 1. The van der Waals surface area contributed by atoms with Crippen LogP contribution in [0.15, 0.2) is 42.6 Å². The van der Waals surface area contributed by atoms with Crippen LogP contribution in [0.2, 0.25) is 0 Å². The van der Waals surface area contributed by atoms with Gasteiger partial charge < -0.3 is 14.2 Å². The van der Waals surface area contributed by atoms with Crippen LogP contribution in [0.25, 0.3) is 0 Å². The van der Waals surface area contributed by atoms with Crippen LogP contribution >= 0.6 is 0 Å². The number of ether oxygens (including phenoxy) is 3. The molecular weight excluding hydrogens is 345 g/mol. The summed E-state index contributed by atoms with van der Waals surface area (Å²) in [5.74, 6) is 6.59. The van der Waals surface area contributed by atoms with Crippen molar-refractivity contribution in [1.82, 2.24) is 4.98 Å². The quantitative estimate of drug-likeness (QED) is 0.697. The molecule has 1 aromatic carbocycles. The molecule has 1 aliphatic heterocycles. The summed E-state index contributed by atoms with van der Waals surface area (Å²) < 4.78 is 30.5. The Labute approximate surface area is 159 Å². The molecule has 27 heavy (non-hydrogen) atoms. The minimum atomic E-state index is -0.335. The minimum absolute atomic E-state index is 0.207. The molecule has 0 radical (unpaired) electrons. The number of benzene rings is 1. The van der Waals surface area contributed by atoms with Gasteiger partial charge >= 0.3 is 0 Å². The van der Waals surface area contributed by atoms with Gasteiger partial charge in [-0.25, -0.2) is 4.39 Å². The molecule has 0 bridgehead atoms. The summed E-state index contributed by atoms with van der Waals surface area (Å²) in [5, 5.41) is 0. The van der Waals surface area contributed by atoms with Crippen molar-refractivity contribution in [3.05, 3.63) is 59.7 Å². The molecule has 2 aromatic rings. The number of halogens is 1. The summed E-state index contributed by atoms with van der Waals surface area (Å²) in [5.41, 5.74) is 1.68. The summed E-state index contributed by atoms with van der Waals surface area (Å²) in [6.45, 7) is 2.85. The highest BCUT2D eigenvalue weighted by atomic mass is 19.1. The Morgan fingerprint density at radius 3 is 2.85 bits per heavy atom. The molecule has 1 fully saturated rings. The normalized spacial score (nSPS) is 14.4. The average Bonchev–Trinajstić information content (AvgIpc) is 2.69. The van der Waals surface area contributed by atoms with Crippen molar-refractivity contribution in [2.24, 2.45) is 5.92 Å². The highest BCUT2D eigenvalue weighted by Crippen LogP contribution is 2.19. The van der Waals surface area contributed by atoms with E-state index in [0.29, 0.717) is 31.3 Å². The van der Waals surface area contributed by atoms with E-state index in [9.17, 15) is 4.39 Å². The molecule has 1 aromatic heterocycles. The Balaban J connectivity index is 1.43. The second-order valence-electron chi connectivity index (χ2n) is 6.51. The third-order valence-corrected chi connectivity index (χ3v) is 4.33. The van der Waals surface area contributed by atoms with Gasteiger partial charge in [0.1, 0.15) is 18.2 Å². The van der Waals surface area contributed by atoms with Gasteiger partial charge in [-0.15, -0.1) is 0 Å². The van der Waals surface area contributed by atoms with Gasteiger partial charge in [-0.1, -0.05) is 17.9 Å². The molecule has 0 amide bonds. The van der Waals surface area contributed by atoms with E-state index in [0.717, 1.165) is 37.3 Å². The van der Waals surface area contributed by atoms with Crippen LogP contribution in [0.5, 0.6) is 5.75 Å². The lowest BCUT2D eigenvalue weighted by atomic mass is 10.0. The second-order valence-corrected chi connectivity index (χ2v) is 6.51. The molecule has 0 N–H and O–H groups in total.